The summed E-state index contributed by atoms with van der Waals surface area (Å²) in [5, 5.41) is 12.7. The van der Waals surface area contributed by atoms with Crippen molar-refractivity contribution >= 4 is 19.7 Å². The van der Waals surface area contributed by atoms with E-state index in [1.807, 2.05) is 0 Å². The fraction of sp³-hybridized carbons (Fsp3) is 0.907. The molecule has 0 aromatic carbocycles. The zero-order chi connectivity index (χ0) is 38.9. The van der Waals surface area contributed by atoms with Crippen LogP contribution in [0.2, 0.25) is 0 Å². The predicted molar refractivity (Wildman–Crippen MR) is 220 cm³/mol. The van der Waals surface area contributed by atoms with Gasteiger partial charge in [0.05, 0.1) is 13.2 Å². The standard InChI is InChI=1S/C43H84NO8P/c1-3-5-7-9-11-13-14-15-16-17-18-19-20-21-22-23-24-25-26-28-30-32-34-36-43(47)50-39-41(45)40-52-53(48,49)51-38-37-44-42(46)35-33-31-29-27-12-10-8-6-4-2/h15-16,41,45H,3-14,17-40H2,1-2H3,(H,44,46)(H,48,49)/b16-15+. The molecule has 9 nitrogen and oxygen atoms in total. The maximum atomic E-state index is 12.1. The molecule has 0 saturated heterocycles. The Morgan fingerprint density at radius 2 is 0.962 bits per heavy atom. The molecule has 0 aliphatic heterocycles. The van der Waals surface area contributed by atoms with Crippen LogP contribution in [0.3, 0.4) is 0 Å². The second kappa shape index (κ2) is 40.4. The SMILES string of the molecule is CCCCCCCC/C=C/CCCCCCCCCCCCCCCC(=O)OCC(O)COP(=O)(O)OCCNC(=O)CCCCCCCCCCC. The first-order chi connectivity index (χ1) is 25.8. The summed E-state index contributed by atoms with van der Waals surface area (Å²) in [5.41, 5.74) is 0. The zero-order valence-electron chi connectivity index (χ0n) is 34.5. The third kappa shape index (κ3) is 41.7. The highest BCUT2D eigenvalue weighted by Crippen LogP contribution is 2.42. The highest BCUT2D eigenvalue weighted by molar-refractivity contribution is 7.47. The van der Waals surface area contributed by atoms with Gasteiger partial charge >= 0.3 is 13.8 Å². The molecule has 2 unspecified atom stereocenters. The number of esters is 1. The van der Waals surface area contributed by atoms with Crippen molar-refractivity contribution in [3.63, 3.8) is 0 Å². The Morgan fingerprint density at radius 3 is 1.42 bits per heavy atom. The summed E-state index contributed by atoms with van der Waals surface area (Å²) in [5.74, 6) is -0.511. The molecular formula is C43H84NO8P. The molecule has 0 spiro atoms. The number of amides is 1. The van der Waals surface area contributed by atoms with Gasteiger partial charge in [-0.15, -0.1) is 0 Å². The molecule has 0 aliphatic rings. The Morgan fingerprint density at radius 1 is 0.566 bits per heavy atom. The second-order valence-corrected chi connectivity index (χ2v) is 16.5. The van der Waals surface area contributed by atoms with Crippen molar-refractivity contribution in [1.29, 1.82) is 0 Å². The van der Waals surface area contributed by atoms with E-state index < -0.39 is 26.5 Å². The van der Waals surface area contributed by atoms with Crippen molar-refractivity contribution in [3.05, 3.63) is 12.2 Å². The van der Waals surface area contributed by atoms with Gasteiger partial charge in [0.1, 0.15) is 12.7 Å². The number of aliphatic hydroxyl groups is 1. The molecule has 0 fully saturated rings. The van der Waals surface area contributed by atoms with Crippen LogP contribution in [0, 0.1) is 0 Å². The van der Waals surface area contributed by atoms with E-state index in [4.69, 9.17) is 13.8 Å². The van der Waals surface area contributed by atoms with E-state index in [0.29, 0.717) is 6.42 Å². The summed E-state index contributed by atoms with van der Waals surface area (Å²) in [6, 6.07) is 0. The molecule has 0 aliphatic carbocycles. The summed E-state index contributed by atoms with van der Waals surface area (Å²) in [7, 11) is -4.40. The Kier molecular flexibility index (Phi) is 39.5. The largest absolute Gasteiger partial charge is 0.472 e. The van der Waals surface area contributed by atoms with Gasteiger partial charge < -0.3 is 20.1 Å². The molecule has 0 rings (SSSR count). The van der Waals surface area contributed by atoms with Gasteiger partial charge in [0.2, 0.25) is 5.91 Å². The van der Waals surface area contributed by atoms with E-state index in [0.717, 1.165) is 38.5 Å². The average Bonchev–Trinajstić information content (AvgIpc) is 3.14. The molecule has 0 aromatic rings. The third-order valence-corrected chi connectivity index (χ3v) is 10.7. The van der Waals surface area contributed by atoms with Gasteiger partial charge in [0.15, 0.2) is 0 Å². The minimum absolute atomic E-state index is 0.0858. The molecule has 53 heavy (non-hydrogen) atoms. The van der Waals surface area contributed by atoms with E-state index in [9.17, 15) is 24.2 Å². The summed E-state index contributed by atoms with van der Waals surface area (Å²) < 4.78 is 26.8. The number of hydrogen-bond acceptors (Lipinski definition) is 7. The molecule has 0 saturated carbocycles. The van der Waals surface area contributed by atoms with Crippen LogP contribution in [0.25, 0.3) is 0 Å². The van der Waals surface area contributed by atoms with Crippen LogP contribution < -0.4 is 5.32 Å². The van der Waals surface area contributed by atoms with E-state index >= 15 is 0 Å². The van der Waals surface area contributed by atoms with E-state index in [2.05, 4.69) is 31.3 Å². The van der Waals surface area contributed by atoms with Gasteiger partial charge in [0, 0.05) is 19.4 Å². The molecule has 0 radical (unpaired) electrons. The first-order valence-electron chi connectivity index (χ1n) is 22.2. The lowest BCUT2D eigenvalue weighted by Crippen LogP contribution is -2.27. The minimum Gasteiger partial charge on any atom is -0.463 e. The van der Waals surface area contributed by atoms with Crippen LogP contribution in [0.5, 0.6) is 0 Å². The lowest BCUT2D eigenvalue weighted by Gasteiger charge is -2.15. The molecule has 3 N–H and O–H groups in total. The smallest absolute Gasteiger partial charge is 0.463 e. The summed E-state index contributed by atoms with van der Waals surface area (Å²) in [6.45, 7) is 3.55. The normalized spacial score (nSPS) is 13.4. The van der Waals surface area contributed by atoms with Crippen LogP contribution in [-0.4, -0.2) is 54.3 Å². The van der Waals surface area contributed by atoms with Gasteiger partial charge in [-0.2, -0.15) is 0 Å². The third-order valence-electron chi connectivity index (χ3n) is 9.70. The van der Waals surface area contributed by atoms with Gasteiger partial charge in [-0.25, -0.2) is 4.57 Å². The molecule has 0 bridgehead atoms. The number of unbranched alkanes of at least 4 members (excludes halogenated alkanes) is 27. The number of carbonyl (C=O) groups excluding carboxylic acids is 2. The van der Waals surface area contributed by atoms with Crippen LogP contribution in [0.4, 0.5) is 0 Å². The highest BCUT2D eigenvalue weighted by atomic mass is 31.2. The van der Waals surface area contributed by atoms with Crippen molar-refractivity contribution in [2.75, 3.05) is 26.4 Å². The lowest BCUT2D eigenvalue weighted by atomic mass is 10.0. The first-order valence-corrected chi connectivity index (χ1v) is 23.7. The van der Waals surface area contributed by atoms with Crippen molar-refractivity contribution < 1.29 is 37.9 Å². The Bertz CT molecular complexity index is 886. The van der Waals surface area contributed by atoms with Crippen LogP contribution >= 0.6 is 7.82 Å². The molecular weight excluding hydrogens is 689 g/mol. The van der Waals surface area contributed by atoms with Crippen molar-refractivity contribution in [1.82, 2.24) is 5.32 Å². The fourth-order valence-electron chi connectivity index (χ4n) is 6.32. The number of carbonyl (C=O) groups is 2. The van der Waals surface area contributed by atoms with Crippen molar-refractivity contribution in [2.45, 2.75) is 225 Å². The number of allylic oxidation sites excluding steroid dienone is 2. The van der Waals surface area contributed by atoms with Crippen LogP contribution in [0.15, 0.2) is 12.2 Å². The monoisotopic (exact) mass is 774 g/mol. The van der Waals surface area contributed by atoms with Crippen molar-refractivity contribution in [2.24, 2.45) is 0 Å². The predicted octanol–water partition coefficient (Wildman–Crippen LogP) is 12.2. The molecule has 314 valence electrons. The van der Waals surface area contributed by atoms with Gasteiger partial charge in [0.25, 0.3) is 0 Å². The minimum atomic E-state index is -4.40. The fourth-order valence-corrected chi connectivity index (χ4v) is 7.07. The lowest BCUT2D eigenvalue weighted by molar-refractivity contribution is -0.147. The molecule has 0 heterocycles. The second-order valence-electron chi connectivity index (χ2n) is 15.0. The van der Waals surface area contributed by atoms with E-state index in [1.165, 1.54) is 154 Å². The van der Waals surface area contributed by atoms with E-state index in [-0.39, 0.29) is 32.1 Å². The number of rotatable bonds is 42. The van der Waals surface area contributed by atoms with Gasteiger partial charge in [-0.05, 0) is 38.5 Å². The van der Waals surface area contributed by atoms with Crippen LogP contribution in [-0.2, 0) is 27.9 Å². The maximum Gasteiger partial charge on any atom is 0.472 e. The molecule has 0 aromatic heterocycles. The summed E-state index contributed by atoms with van der Waals surface area (Å²) >= 11 is 0. The Labute approximate surface area is 326 Å². The average molecular weight is 774 g/mol. The topological polar surface area (TPSA) is 131 Å². The Balaban J connectivity index is 3.52. The quantitative estimate of drug-likeness (QED) is 0.0242. The zero-order valence-corrected chi connectivity index (χ0v) is 35.4. The number of phosphoric acid groups is 1. The number of ether oxygens (including phenoxy) is 1. The molecule has 10 heteroatoms. The Hall–Kier alpha value is -1.25. The first kappa shape index (κ1) is 51.8. The highest BCUT2D eigenvalue weighted by Gasteiger charge is 2.23. The maximum absolute atomic E-state index is 12.1. The summed E-state index contributed by atoms with van der Waals surface area (Å²) in [4.78, 5) is 33.8. The van der Waals surface area contributed by atoms with Crippen molar-refractivity contribution in [3.8, 4) is 0 Å². The molecule has 1 amide bonds. The number of phosphoric ester groups is 1. The summed E-state index contributed by atoms with van der Waals surface area (Å²) in [6.07, 6.45) is 41.6. The van der Waals surface area contributed by atoms with Gasteiger partial charge in [-0.3, -0.25) is 18.6 Å². The van der Waals surface area contributed by atoms with Crippen LogP contribution in [0.1, 0.15) is 219 Å². The number of aliphatic hydroxyl groups excluding tert-OH is 1. The van der Waals surface area contributed by atoms with Gasteiger partial charge in [-0.1, -0.05) is 180 Å². The van der Waals surface area contributed by atoms with E-state index in [1.54, 1.807) is 0 Å². The molecule has 2 atom stereocenters. The number of hydrogen-bond donors (Lipinski definition) is 3. The number of nitrogens with one attached hydrogen (secondary N) is 1.